The van der Waals surface area contributed by atoms with Crippen LogP contribution < -0.4 is 0 Å². The van der Waals surface area contributed by atoms with Gasteiger partial charge in [0.1, 0.15) is 13.2 Å². The Labute approximate surface area is 451 Å². The zero-order chi connectivity index (χ0) is 52.9. The summed E-state index contributed by atoms with van der Waals surface area (Å²) in [5.74, 6) is -0.954. The minimum Gasteiger partial charge on any atom is -0.462 e. The number of hydrogen-bond donors (Lipinski definition) is 0. The Balaban J connectivity index is 4.31. The predicted molar refractivity (Wildman–Crippen MR) is 316 cm³/mol. The fourth-order valence-electron chi connectivity index (χ4n) is 8.49. The number of esters is 3. The van der Waals surface area contributed by atoms with E-state index in [0.717, 1.165) is 89.9 Å². The van der Waals surface area contributed by atoms with Crippen LogP contribution in [0.3, 0.4) is 0 Å². The summed E-state index contributed by atoms with van der Waals surface area (Å²) in [6.07, 6.45) is 81.4. The third-order valence-electron chi connectivity index (χ3n) is 13.1. The zero-order valence-corrected chi connectivity index (χ0v) is 47.9. The van der Waals surface area contributed by atoms with E-state index >= 15 is 0 Å². The zero-order valence-electron chi connectivity index (χ0n) is 47.9. The number of carbonyl (C=O) groups is 3. The molecule has 0 heterocycles. The molecule has 0 bridgehead atoms. The van der Waals surface area contributed by atoms with Crippen molar-refractivity contribution in [2.45, 2.75) is 297 Å². The molecule has 0 N–H and O–H groups in total. The Morgan fingerprint density at radius 3 is 0.877 bits per heavy atom. The Kier molecular flexibility index (Phi) is 57.8. The molecule has 0 amide bonds. The van der Waals surface area contributed by atoms with E-state index in [-0.39, 0.29) is 37.5 Å². The third kappa shape index (κ3) is 59.1. The van der Waals surface area contributed by atoms with Crippen molar-refractivity contribution >= 4 is 17.9 Å². The van der Waals surface area contributed by atoms with Gasteiger partial charge < -0.3 is 14.2 Å². The van der Waals surface area contributed by atoms with E-state index in [4.69, 9.17) is 14.2 Å². The molecule has 73 heavy (non-hydrogen) atoms. The SMILES string of the molecule is CC/C=C\C/C=C\C/C=C\C/C=C\C/C=C\CCCC(=O)OC(COC(=O)CCCCCCCCCCCCC)COC(=O)CCCCCCCCCCCCCC/C=C\C/C=C\C/C=C\CCCCCCC. The first-order chi connectivity index (χ1) is 36.0. The third-order valence-corrected chi connectivity index (χ3v) is 13.1. The van der Waals surface area contributed by atoms with Gasteiger partial charge in [0.05, 0.1) is 0 Å². The monoisotopic (exact) mass is 1010 g/mol. The highest BCUT2D eigenvalue weighted by Gasteiger charge is 2.19. The van der Waals surface area contributed by atoms with Gasteiger partial charge in [0, 0.05) is 19.3 Å². The van der Waals surface area contributed by atoms with E-state index in [1.807, 2.05) is 0 Å². The largest absolute Gasteiger partial charge is 0.462 e. The van der Waals surface area contributed by atoms with Crippen molar-refractivity contribution in [2.75, 3.05) is 13.2 Å². The lowest BCUT2D eigenvalue weighted by molar-refractivity contribution is -0.167. The average molecular weight is 1020 g/mol. The Hall–Kier alpha value is -3.67. The van der Waals surface area contributed by atoms with Gasteiger partial charge in [-0.15, -0.1) is 0 Å². The normalized spacial score (nSPS) is 12.8. The van der Waals surface area contributed by atoms with E-state index in [9.17, 15) is 14.4 Å². The standard InChI is InChI=1S/C67H114O6/c1-4-7-10-13-16-19-22-24-26-28-29-30-31-32-33-34-35-36-37-39-40-42-45-48-51-54-57-60-66(69)72-63-64(62-71-65(68)59-56-53-50-47-44-21-18-15-12-9-6-3)73-67(70)61-58-55-52-49-46-43-41-38-27-25-23-20-17-14-11-8-5-2/h8,11,17,20,22,24-25,27-29,31-32,41,43,49,52,64H,4-7,9-10,12-16,18-19,21,23,26,30,33-40,42,44-48,50-51,53-63H2,1-3H3/b11-8-,20-17-,24-22-,27-25-,29-28-,32-31-,43-41-,52-49-. The summed E-state index contributed by atoms with van der Waals surface area (Å²) in [6.45, 7) is 6.47. The maximum absolute atomic E-state index is 12.8. The van der Waals surface area contributed by atoms with Crippen molar-refractivity contribution in [3.05, 3.63) is 97.2 Å². The van der Waals surface area contributed by atoms with Crippen LogP contribution in [0.5, 0.6) is 0 Å². The van der Waals surface area contributed by atoms with Crippen molar-refractivity contribution in [1.82, 2.24) is 0 Å². The molecule has 0 saturated carbocycles. The highest BCUT2D eigenvalue weighted by Crippen LogP contribution is 2.16. The second kappa shape index (κ2) is 60.9. The summed E-state index contributed by atoms with van der Waals surface area (Å²) < 4.78 is 16.8. The van der Waals surface area contributed by atoms with Gasteiger partial charge in [-0.25, -0.2) is 0 Å². The molecule has 1 atom stereocenters. The van der Waals surface area contributed by atoms with Crippen molar-refractivity contribution in [2.24, 2.45) is 0 Å². The molecule has 6 nitrogen and oxygen atoms in total. The Morgan fingerprint density at radius 1 is 0.288 bits per heavy atom. The molecule has 0 saturated heterocycles. The van der Waals surface area contributed by atoms with Crippen LogP contribution in [0.1, 0.15) is 290 Å². The van der Waals surface area contributed by atoms with Crippen LogP contribution in [0.2, 0.25) is 0 Å². The number of unbranched alkanes of at least 4 members (excludes halogenated alkanes) is 28. The Bertz CT molecular complexity index is 1440. The highest BCUT2D eigenvalue weighted by atomic mass is 16.6. The molecule has 0 aromatic rings. The van der Waals surface area contributed by atoms with Gasteiger partial charge in [0.2, 0.25) is 0 Å². The molecule has 0 aliphatic rings. The number of rotatable bonds is 55. The molecular formula is C67H114O6. The molecule has 6 heteroatoms. The second-order valence-corrected chi connectivity index (χ2v) is 20.2. The summed E-state index contributed by atoms with van der Waals surface area (Å²) in [4.78, 5) is 38.1. The van der Waals surface area contributed by atoms with E-state index in [2.05, 4.69) is 118 Å². The van der Waals surface area contributed by atoms with Gasteiger partial charge >= 0.3 is 17.9 Å². The van der Waals surface area contributed by atoms with Crippen molar-refractivity contribution in [1.29, 1.82) is 0 Å². The average Bonchev–Trinajstić information content (AvgIpc) is 3.39. The molecule has 0 fully saturated rings. The molecule has 1 unspecified atom stereocenters. The van der Waals surface area contributed by atoms with Crippen LogP contribution in [0.15, 0.2) is 97.2 Å². The second-order valence-electron chi connectivity index (χ2n) is 20.2. The smallest absolute Gasteiger partial charge is 0.306 e. The number of ether oxygens (including phenoxy) is 3. The van der Waals surface area contributed by atoms with Gasteiger partial charge in [0.25, 0.3) is 0 Å². The fourth-order valence-corrected chi connectivity index (χ4v) is 8.49. The maximum atomic E-state index is 12.8. The van der Waals surface area contributed by atoms with E-state index in [1.165, 1.54) is 154 Å². The lowest BCUT2D eigenvalue weighted by Crippen LogP contribution is -2.30. The molecule has 418 valence electrons. The molecule has 0 aromatic carbocycles. The molecule has 0 aliphatic heterocycles. The van der Waals surface area contributed by atoms with Gasteiger partial charge in [-0.1, -0.05) is 272 Å². The molecule has 0 aliphatic carbocycles. The van der Waals surface area contributed by atoms with E-state index in [0.29, 0.717) is 19.3 Å². The van der Waals surface area contributed by atoms with Gasteiger partial charge in [-0.05, 0) is 96.3 Å². The topological polar surface area (TPSA) is 78.9 Å². The first kappa shape index (κ1) is 69.3. The van der Waals surface area contributed by atoms with Crippen LogP contribution in [0, 0.1) is 0 Å². The minimum atomic E-state index is -0.807. The lowest BCUT2D eigenvalue weighted by atomic mass is 10.0. The van der Waals surface area contributed by atoms with E-state index < -0.39 is 6.10 Å². The number of hydrogen-bond acceptors (Lipinski definition) is 6. The van der Waals surface area contributed by atoms with Gasteiger partial charge in [0.15, 0.2) is 6.10 Å². The van der Waals surface area contributed by atoms with Crippen LogP contribution >= 0.6 is 0 Å². The van der Waals surface area contributed by atoms with Crippen molar-refractivity contribution < 1.29 is 28.6 Å². The first-order valence-corrected chi connectivity index (χ1v) is 30.7. The van der Waals surface area contributed by atoms with E-state index in [1.54, 1.807) is 0 Å². The highest BCUT2D eigenvalue weighted by molar-refractivity contribution is 5.71. The van der Waals surface area contributed by atoms with Crippen LogP contribution in [0.25, 0.3) is 0 Å². The minimum absolute atomic E-state index is 0.0987. The van der Waals surface area contributed by atoms with Gasteiger partial charge in [-0.3, -0.25) is 14.4 Å². The molecule has 0 aromatic heterocycles. The van der Waals surface area contributed by atoms with Gasteiger partial charge in [-0.2, -0.15) is 0 Å². The molecule has 0 spiro atoms. The van der Waals surface area contributed by atoms with Crippen molar-refractivity contribution in [3.8, 4) is 0 Å². The number of allylic oxidation sites excluding steroid dienone is 16. The Morgan fingerprint density at radius 2 is 0.548 bits per heavy atom. The number of carbonyl (C=O) groups excluding carboxylic acids is 3. The van der Waals surface area contributed by atoms with Crippen LogP contribution in [-0.2, 0) is 28.6 Å². The predicted octanol–water partition coefficient (Wildman–Crippen LogP) is 20.9. The maximum Gasteiger partial charge on any atom is 0.306 e. The quantitative estimate of drug-likeness (QED) is 0.0261. The summed E-state index contributed by atoms with van der Waals surface area (Å²) in [6, 6.07) is 0. The lowest BCUT2D eigenvalue weighted by Gasteiger charge is -2.18. The molecule has 0 rings (SSSR count). The summed E-state index contributed by atoms with van der Waals surface area (Å²) in [7, 11) is 0. The molecular weight excluding hydrogens is 901 g/mol. The summed E-state index contributed by atoms with van der Waals surface area (Å²) >= 11 is 0. The first-order valence-electron chi connectivity index (χ1n) is 30.7. The molecule has 0 radical (unpaired) electrons. The van der Waals surface area contributed by atoms with Crippen molar-refractivity contribution in [3.63, 3.8) is 0 Å². The van der Waals surface area contributed by atoms with Crippen LogP contribution in [0.4, 0.5) is 0 Å². The fraction of sp³-hybridized carbons (Fsp3) is 0.716. The van der Waals surface area contributed by atoms with Crippen LogP contribution in [-0.4, -0.2) is 37.2 Å². The summed E-state index contributed by atoms with van der Waals surface area (Å²) in [5.41, 5.74) is 0. The summed E-state index contributed by atoms with van der Waals surface area (Å²) in [5, 5.41) is 0.